The minimum atomic E-state index is -0.0707. The van der Waals surface area contributed by atoms with Gasteiger partial charge in [0.25, 0.3) is 0 Å². The highest BCUT2D eigenvalue weighted by molar-refractivity contribution is 7.99. The third-order valence-corrected chi connectivity index (χ3v) is 5.01. The minimum Gasteiger partial charge on any atom is -0.325 e. The van der Waals surface area contributed by atoms with Crippen LogP contribution in [0, 0.1) is 0 Å². The summed E-state index contributed by atoms with van der Waals surface area (Å²) in [6.07, 6.45) is 2.78. The zero-order valence-corrected chi connectivity index (χ0v) is 16.1. The molecule has 0 fully saturated rings. The van der Waals surface area contributed by atoms with Crippen molar-refractivity contribution >= 4 is 23.4 Å². The lowest BCUT2D eigenvalue weighted by atomic mass is 10.1. The number of hydrogen-bond acceptors (Lipinski definition) is 4. The Bertz CT molecular complexity index is 904. The Hall–Kier alpha value is -2.86. The Morgan fingerprint density at radius 2 is 1.89 bits per heavy atom. The summed E-state index contributed by atoms with van der Waals surface area (Å²) in [4.78, 5) is 12.3. The Morgan fingerprint density at radius 1 is 1.15 bits per heavy atom. The Balaban J connectivity index is 1.67. The van der Waals surface area contributed by atoms with Crippen LogP contribution in [-0.2, 0) is 17.8 Å². The van der Waals surface area contributed by atoms with Gasteiger partial charge in [0.15, 0.2) is 11.0 Å². The van der Waals surface area contributed by atoms with Crippen LogP contribution in [0.15, 0.2) is 72.4 Å². The summed E-state index contributed by atoms with van der Waals surface area (Å²) in [7, 11) is 0. The van der Waals surface area contributed by atoms with Gasteiger partial charge < -0.3 is 5.32 Å². The number of carbonyl (C=O) groups is 1. The topological polar surface area (TPSA) is 59.8 Å². The molecular formula is C21H22N4OS. The van der Waals surface area contributed by atoms with Crippen LogP contribution in [0.2, 0.25) is 0 Å². The fourth-order valence-electron chi connectivity index (χ4n) is 2.64. The van der Waals surface area contributed by atoms with E-state index < -0.39 is 0 Å². The molecule has 1 heterocycles. The predicted octanol–water partition coefficient (Wildman–Crippen LogP) is 4.42. The first-order chi connectivity index (χ1) is 13.2. The van der Waals surface area contributed by atoms with Crippen molar-refractivity contribution in [2.45, 2.75) is 25.0 Å². The second kappa shape index (κ2) is 9.19. The van der Waals surface area contributed by atoms with Crippen LogP contribution in [-0.4, -0.2) is 26.4 Å². The number of anilines is 1. The van der Waals surface area contributed by atoms with E-state index in [0.717, 1.165) is 23.5 Å². The van der Waals surface area contributed by atoms with E-state index in [4.69, 9.17) is 0 Å². The summed E-state index contributed by atoms with van der Waals surface area (Å²) in [5, 5.41) is 12.2. The fraction of sp³-hybridized carbons (Fsp3) is 0.190. The number of benzene rings is 2. The van der Waals surface area contributed by atoms with E-state index in [0.29, 0.717) is 11.7 Å². The molecule has 138 valence electrons. The third-order valence-electron chi connectivity index (χ3n) is 4.04. The zero-order valence-electron chi connectivity index (χ0n) is 15.3. The lowest BCUT2D eigenvalue weighted by molar-refractivity contribution is -0.113. The number of amides is 1. The molecule has 3 rings (SSSR count). The molecule has 0 aliphatic rings. The molecule has 6 heteroatoms. The Labute approximate surface area is 163 Å². The molecule has 2 aromatic carbocycles. The van der Waals surface area contributed by atoms with Crippen molar-refractivity contribution in [2.24, 2.45) is 0 Å². The summed E-state index contributed by atoms with van der Waals surface area (Å²) >= 11 is 1.37. The number of nitrogens with one attached hydrogen (secondary N) is 1. The monoisotopic (exact) mass is 378 g/mol. The van der Waals surface area contributed by atoms with Crippen molar-refractivity contribution < 1.29 is 4.79 Å². The summed E-state index contributed by atoms with van der Waals surface area (Å²) < 4.78 is 1.97. The van der Waals surface area contributed by atoms with Crippen molar-refractivity contribution in [1.82, 2.24) is 14.8 Å². The molecule has 0 atom stereocenters. The molecule has 3 aromatic rings. The van der Waals surface area contributed by atoms with E-state index in [1.54, 1.807) is 6.08 Å². The van der Waals surface area contributed by atoms with Gasteiger partial charge in [-0.1, -0.05) is 67.2 Å². The highest BCUT2D eigenvalue weighted by atomic mass is 32.2. The number of hydrogen-bond donors (Lipinski definition) is 1. The molecule has 0 spiro atoms. The molecule has 0 saturated carbocycles. The van der Waals surface area contributed by atoms with Crippen LogP contribution in [0.3, 0.4) is 0 Å². The van der Waals surface area contributed by atoms with Crippen LogP contribution in [0.1, 0.15) is 12.5 Å². The lowest BCUT2D eigenvalue weighted by Crippen LogP contribution is -2.14. The highest BCUT2D eigenvalue weighted by Gasteiger charge is 2.14. The van der Waals surface area contributed by atoms with E-state index in [9.17, 15) is 4.79 Å². The SMILES string of the molecule is C=CCn1c(SCC(=O)Nc2ccc(CC)cc2)nnc1-c1ccccc1. The van der Waals surface area contributed by atoms with E-state index >= 15 is 0 Å². The first kappa shape index (κ1) is 18.9. The van der Waals surface area contributed by atoms with Crippen molar-refractivity contribution in [3.05, 3.63) is 72.8 Å². The minimum absolute atomic E-state index is 0.0707. The Kier molecular flexibility index (Phi) is 6.44. The molecule has 0 unspecified atom stereocenters. The molecule has 1 aromatic heterocycles. The van der Waals surface area contributed by atoms with Crippen LogP contribution < -0.4 is 5.32 Å². The van der Waals surface area contributed by atoms with E-state index in [2.05, 4.69) is 29.0 Å². The third kappa shape index (κ3) is 4.86. The van der Waals surface area contributed by atoms with E-state index in [-0.39, 0.29) is 11.7 Å². The molecule has 1 N–H and O–H groups in total. The van der Waals surface area contributed by atoms with Gasteiger partial charge in [0.1, 0.15) is 0 Å². The molecule has 0 saturated heterocycles. The van der Waals surface area contributed by atoms with E-state index in [1.807, 2.05) is 59.2 Å². The van der Waals surface area contributed by atoms with Gasteiger partial charge in [0, 0.05) is 17.8 Å². The van der Waals surface area contributed by atoms with Gasteiger partial charge in [-0.2, -0.15) is 0 Å². The summed E-state index contributed by atoms with van der Waals surface area (Å²) in [5.74, 6) is 0.965. The average Bonchev–Trinajstić information content (AvgIpc) is 3.10. The largest absolute Gasteiger partial charge is 0.325 e. The quantitative estimate of drug-likeness (QED) is 0.465. The Morgan fingerprint density at radius 3 is 2.56 bits per heavy atom. The highest BCUT2D eigenvalue weighted by Crippen LogP contribution is 2.24. The predicted molar refractivity (Wildman–Crippen MR) is 111 cm³/mol. The molecule has 0 bridgehead atoms. The normalized spacial score (nSPS) is 10.6. The van der Waals surface area contributed by atoms with Gasteiger partial charge in [-0.3, -0.25) is 9.36 Å². The molecule has 0 aliphatic carbocycles. The van der Waals surface area contributed by atoms with Crippen LogP contribution in [0.25, 0.3) is 11.4 Å². The van der Waals surface area contributed by atoms with Gasteiger partial charge >= 0.3 is 0 Å². The second-order valence-electron chi connectivity index (χ2n) is 5.96. The average molecular weight is 379 g/mol. The maximum absolute atomic E-state index is 12.3. The number of nitrogens with zero attached hydrogens (tertiary/aromatic N) is 3. The summed E-state index contributed by atoms with van der Waals surface area (Å²) in [6.45, 7) is 6.50. The maximum Gasteiger partial charge on any atom is 0.234 e. The van der Waals surface area contributed by atoms with Gasteiger partial charge in [-0.05, 0) is 24.1 Å². The fourth-order valence-corrected chi connectivity index (χ4v) is 3.39. The second-order valence-corrected chi connectivity index (χ2v) is 6.90. The standard InChI is InChI=1S/C21H22N4OS/c1-3-14-25-20(17-8-6-5-7-9-17)23-24-21(25)27-15-19(26)22-18-12-10-16(4-2)11-13-18/h3,5-13H,1,4,14-15H2,2H3,(H,22,26). The summed E-state index contributed by atoms with van der Waals surface area (Å²) in [5.41, 5.74) is 3.03. The molecule has 0 radical (unpaired) electrons. The van der Waals surface area contributed by atoms with Crippen molar-refractivity contribution in [3.63, 3.8) is 0 Å². The first-order valence-electron chi connectivity index (χ1n) is 8.82. The number of aromatic nitrogens is 3. The first-order valence-corrected chi connectivity index (χ1v) is 9.81. The molecule has 27 heavy (non-hydrogen) atoms. The van der Waals surface area contributed by atoms with Crippen molar-refractivity contribution in [2.75, 3.05) is 11.1 Å². The van der Waals surface area contributed by atoms with Gasteiger partial charge in [-0.25, -0.2) is 0 Å². The maximum atomic E-state index is 12.3. The number of thioether (sulfide) groups is 1. The van der Waals surface area contributed by atoms with Crippen molar-refractivity contribution in [1.29, 1.82) is 0 Å². The summed E-state index contributed by atoms with van der Waals surface area (Å²) in [6, 6.07) is 17.8. The molecule has 5 nitrogen and oxygen atoms in total. The number of carbonyl (C=O) groups excluding carboxylic acids is 1. The zero-order chi connectivity index (χ0) is 19.1. The number of rotatable bonds is 8. The van der Waals surface area contributed by atoms with Gasteiger partial charge in [0.05, 0.1) is 5.75 Å². The van der Waals surface area contributed by atoms with E-state index in [1.165, 1.54) is 17.3 Å². The number of aryl methyl sites for hydroxylation is 1. The van der Waals surface area contributed by atoms with Crippen molar-refractivity contribution in [3.8, 4) is 11.4 Å². The molecular weight excluding hydrogens is 356 g/mol. The van der Waals surface area contributed by atoms with Gasteiger partial charge in [0.2, 0.25) is 5.91 Å². The van der Waals surface area contributed by atoms with Crippen LogP contribution in [0.5, 0.6) is 0 Å². The number of allylic oxidation sites excluding steroid dienone is 1. The van der Waals surface area contributed by atoms with Gasteiger partial charge in [-0.15, -0.1) is 16.8 Å². The molecule has 1 amide bonds. The lowest BCUT2D eigenvalue weighted by Gasteiger charge is -2.08. The van der Waals surface area contributed by atoms with Crippen LogP contribution >= 0.6 is 11.8 Å². The molecule has 0 aliphatic heterocycles. The smallest absolute Gasteiger partial charge is 0.234 e. The van der Waals surface area contributed by atoms with Crippen LogP contribution in [0.4, 0.5) is 5.69 Å².